The van der Waals surface area contributed by atoms with Crippen molar-refractivity contribution in [3.8, 4) is 0 Å². The van der Waals surface area contributed by atoms with E-state index < -0.39 is 0 Å². The SMILES string of the molecule is CC(=O)NCCC1NC2=CCC(=O)C=C2S1. The largest absolute Gasteiger partial charge is 0.372 e. The first-order valence-corrected chi connectivity index (χ1v) is 6.16. The first-order valence-electron chi connectivity index (χ1n) is 5.28. The Kier molecular flexibility index (Phi) is 3.33. The van der Waals surface area contributed by atoms with Crippen LogP contribution in [-0.4, -0.2) is 23.6 Å². The fourth-order valence-corrected chi connectivity index (χ4v) is 2.88. The molecule has 1 heterocycles. The standard InChI is InChI=1S/C11H14N2O2S/c1-7(14)12-5-4-11-13-9-3-2-8(15)6-10(9)16-11/h3,6,11,13H,2,4-5H2,1H3,(H,12,14). The molecule has 1 aliphatic heterocycles. The van der Waals surface area contributed by atoms with Crippen molar-refractivity contribution in [2.24, 2.45) is 0 Å². The summed E-state index contributed by atoms with van der Waals surface area (Å²) < 4.78 is 0. The second kappa shape index (κ2) is 4.74. The number of carbonyl (C=O) groups is 2. The van der Waals surface area contributed by atoms with Crippen LogP contribution in [-0.2, 0) is 9.59 Å². The molecule has 0 aromatic rings. The Hall–Kier alpha value is -1.23. The average molecular weight is 238 g/mol. The number of hydrogen-bond acceptors (Lipinski definition) is 4. The molecule has 0 radical (unpaired) electrons. The second-order valence-corrected chi connectivity index (χ2v) is 5.06. The molecule has 0 spiro atoms. The zero-order valence-corrected chi connectivity index (χ0v) is 9.89. The lowest BCUT2D eigenvalue weighted by molar-refractivity contribution is -0.119. The summed E-state index contributed by atoms with van der Waals surface area (Å²) in [5, 5.41) is 6.36. The van der Waals surface area contributed by atoms with E-state index in [2.05, 4.69) is 10.6 Å². The van der Waals surface area contributed by atoms with Crippen molar-refractivity contribution < 1.29 is 9.59 Å². The number of thioether (sulfide) groups is 1. The Labute approximate surface area is 98.5 Å². The Balaban J connectivity index is 1.86. The molecular formula is C11H14N2O2S. The van der Waals surface area contributed by atoms with Gasteiger partial charge in [-0.2, -0.15) is 0 Å². The van der Waals surface area contributed by atoms with Crippen LogP contribution in [0.2, 0.25) is 0 Å². The molecule has 0 saturated carbocycles. The number of amides is 1. The summed E-state index contributed by atoms with van der Waals surface area (Å²) in [4.78, 5) is 22.9. The molecule has 0 aromatic carbocycles. The molecule has 16 heavy (non-hydrogen) atoms. The van der Waals surface area contributed by atoms with Crippen molar-refractivity contribution >= 4 is 23.5 Å². The summed E-state index contributed by atoms with van der Waals surface area (Å²) in [6.45, 7) is 2.17. The number of ketones is 1. The lowest BCUT2D eigenvalue weighted by Crippen LogP contribution is -2.27. The van der Waals surface area contributed by atoms with Gasteiger partial charge in [0.15, 0.2) is 5.78 Å². The molecule has 2 rings (SSSR count). The van der Waals surface area contributed by atoms with Crippen molar-refractivity contribution in [3.63, 3.8) is 0 Å². The van der Waals surface area contributed by atoms with Gasteiger partial charge in [0.2, 0.25) is 5.91 Å². The highest BCUT2D eigenvalue weighted by molar-refractivity contribution is 8.04. The van der Waals surface area contributed by atoms with Crippen LogP contribution in [0.3, 0.4) is 0 Å². The number of carbonyl (C=O) groups excluding carboxylic acids is 2. The molecule has 86 valence electrons. The van der Waals surface area contributed by atoms with Crippen LogP contribution in [0.1, 0.15) is 19.8 Å². The lowest BCUT2D eigenvalue weighted by atomic mass is 10.1. The third-order valence-electron chi connectivity index (χ3n) is 2.43. The molecule has 2 aliphatic rings. The van der Waals surface area contributed by atoms with Gasteiger partial charge in [0.1, 0.15) is 0 Å². The van der Waals surface area contributed by atoms with Crippen LogP contribution < -0.4 is 10.6 Å². The van der Waals surface area contributed by atoms with Gasteiger partial charge >= 0.3 is 0 Å². The van der Waals surface area contributed by atoms with Crippen LogP contribution in [0.25, 0.3) is 0 Å². The minimum atomic E-state index is -0.00553. The maximum absolute atomic E-state index is 11.2. The topological polar surface area (TPSA) is 58.2 Å². The molecule has 1 aliphatic carbocycles. The van der Waals surface area contributed by atoms with Gasteiger partial charge in [0.25, 0.3) is 0 Å². The third-order valence-corrected chi connectivity index (χ3v) is 3.66. The zero-order chi connectivity index (χ0) is 11.5. The molecular weight excluding hydrogens is 224 g/mol. The monoisotopic (exact) mass is 238 g/mol. The second-order valence-electron chi connectivity index (χ2n) is 3.82. The van der Waals surface area contributed by atoms with E-state index in [1.807, 2.05) is 6.08 Å². The maximum Gasteiger partial charge on any atom is 0.216 e. The van der Waals surface area contributed by atoms with Gasteiger partial charge in [-0.05, 0) is 12.5 Å². The molecule has 1 fully saturated rings. The van der Waals surface area contributed by atoms with Crippen molar-refractivity contribution in [1.82, 2.24) is 10.6 Å². The van der Waals surface area contributed by atoms with Gasteiger partial charge in [0, 0.05) is 30.5 Å². The van der Waals surface area contributed by atoms with Crippen LogP contribution in [0.5, 0.6) is 0 Å². The third kappa shape index (κ3) is 2.66. The van der Waals surface area contributed by atoms with E-state index >= 15 is 0 Å². The van der Waals surface area contributed by atoms with Crippen LogP contribution in [0.15, 0.2) is 22.8 Å². The molecule has 1 unspecified atom stereocenters. The van der Waals surface area contributed by atoms with Gasteiger partial charge in [-0.1, -0.05) is 17.8 Å². The smallest absolute Gasteiger partial charge is 0.216 e. The lowest BCUT2D eigenvalue weighted by Gasteiger charge is -2.09. The van der Waals surface area contributed by atoms with E-state index in [-0.39, 0.29) is 17.1 Å². The van der Waals surface area contributed by atoms with Crippen LogP contribution in [0, 0.1) is 0 Å². The number of fused-ring (bicyclic) bond motifs is 1. The average Bonchev–Trinajstić information content (AvgIpc) is 2.58. The predicted octanol–water partition coefficient (Wildman–Crippen LogP) is 0.916. The van der Waals surface area contributed by atoms with Crippen molar-refractivity contribution in [2.75, 3.05) is 6.54 Å². The quantitative estimate of drug-likeness (QED) is 0.767. The molecule has 2 N–H and O–H groups in total. The predicted molar refractivity (Wildman–Crippen MR) is 63.6 cm³/mol. The molecule has 5 heteroatoms. The number of rotatable bonds is 3. The minimum absolute atomic E-state index is 0.00553. The summed E-state index contributed by atoms with van der Waals surface area (Å²) in [5.74, 6) is 0.157. The number of allylic oxidation sites excluding steroid dienone is 2. The minimum Gasteiger partial charge on any atom is -0.372 e. The van der Waals surface area contributed by atoms with Gasteiger partial charge in [0.05, 0.1) is 5.37 Å². The summed E-state index contributed by atoms with van der Waals surface area (Å²) in [6, 6.07) is 0. The summed E-state index contributed by atoms with van der Waals surface area (Å²) in [6.07, 6.45) is 4.98. The van der Waals surface area contributed by atoms with Crippen LogP contribution in [0.4, 0.5) is 0 Å². The molecule has 1 atom stereocenters. The first kappa shape index (κ1) is 11.3. The number of nitrogens with one attached hydrogen (secondary N) is 2. The van der Waals surface area contributed by atoms with Gasteiger partial charge in [-0.15, -0.1) is 0 Å². The Bertz CT molecular complexity index is 387. The molecule has 0 aromatic heterocycles. The fraction of sp³-hybridized carbons (Fsp3) is 0.455. The molecule has 4 nitrogen and oxygen atoms in total. The van der Waals surface area contributed by atoms with E-state index in [0.717, 1.165) is 17.0 Å². The number of hydrogen-bond donors (Lipinski definition) is 2. The summed E-state index contributed by atoms with van der Waals surface area (Å²) in [5.41, 5.74) is 1.07. The Morgan fingerprint density at radius 2 is 2.50 bits per heavy atom. The fourth-order valence-electron chi connectivity index (χ4n) is 1.68. The molecule has 1 amide bonds. The Morgan fingerprint density at radius 3 is 3.25 bits per heavy atom. The van der Waals surface area contributed by atoms with E-state index in [0.29, 0.717) is 13.0 Å². The van der Waals surface area contributed by atoms with Crippen molar-refractivity contribution in [2.45, 2.75) is 25.1 Å². The molecule has 0 bridgehead atoms. The highest BCUT2D eigenvalue weighted by Crippen LogP contribution is 2.37. The van der Waals surface area contributed by atoms with E-state index in [4.69, 9.17) is 0 Å². The normalized spacial score (nSPS) is 23.1. The van der Waals surface area contributed by atoms with Crippen molar-refractivity contribution in [1.29, 1.82) is 0 Å². The maximum atomic E-state index is 11.2. The molecule has 1 saturated heterocycles. The summed E-state index contributed by atoms with van der Waals surface area (Å²) in [7, 11) is 0. The van der Waals surface area contributed by atoms with Gasteiger partial charge < -0.3 is 10.6 Å². The zero-order valence-electron chi connectivity index (χ0n) is 9.08. The summed E-state index contributed by atoms with van der Waals surface area (Å²) >= 11 is 1.66. The van der Waals surface area contributed by atoms with Crippen molar-refractivity contribution in [3.05, 3.63) is 22.8 Å². The highest BCUT2D eigenvalue weighted by Gasteiger charge is 2.26. The van der Waals surface area contributed by atoms with Gasteiger partial charge in [-0.25, -0.2) is 0 Å². The van der Waals surface area contributed by atoms with E-state index in [1.54, 1.807) is 17.8 Å². The highest BCUT2D eigenvalue weighted by atomic mass is 32.2. The van der Waals surface area contributed by atoms with Gasteiger partial charge in [-0.3, -0.25) is 9.59 Å². The Morgan fingerprint density at radius 1 is 1.69 bits per heavy atom. The van der Waals surface area contributed by atoms with E-state index in [1.165, 1.54) is 6.92 Å². The van der Waals surface area contributed by atoms with E-state index in [9.17, 15) is 9.59 Å². The first-order chi connectivity index (χ1) is 7.65. The van der Waals surface area contributed by atoms with Crippen LogP contribution >= 0.6 is 11.8 Å².